The highest BCUT2D eigenvalue weighted by atomic mass is 32.2. The molecule has 2 heterocycles. The van der Waals surface area contributed by atoms with Crippen LogP contribution in [0.15, 0.2) is 65.3 Å². The zero-order chi connectivity index (χ0) is 18.5. The molecule has 2 aromatic rings. The molecule has 132 valence electrons. The van der Waals surface area contributed by atoms with Gasteiger partial charge in [0.05, 0.1) is 23.9 Å². The van der Waals surface area contributed by atoms with Crippen LogP contribution in [-0.4, -0.2) is 39.7 Å². The molecule has 1 aliphatic heterocycles. The topological polar surface area (TPSA) is 75.0 Å². The normalized spacial score (nSPS) is 17.1. The molecule has 0 radical (unpaired) electrons. The van der Waals surface area contributed by atoms with Crippen LogP contribution < -0.4 is 4.74 Å². The first kappa shape index (κ1) is 17.8. The van der Waals surface area contributed by atoms with E-state index in [4.69, 9.17) is 4.74 Å². The number of nitrogens with zero attached hydrogens (tertiary/aromatic N) is 3. The van der Waals surface area contributed by atoms with E-state index in [1.54, 1.807) is 47.6 Å². The standard InChI is InChI=1S/C19H17N3O3S/c1-3-9-22-18(24)17(11-13-6-7-15(23)16(10-13)25-2)26-19(22)21-14-5-4-8-20-12-14/h3-8,10-12,23H,1,9H2,2H3/b17-11-,21-19?. The van der Waals surface area contributed by atoms with Crippen molar-refractivity contribution in [2.45, 2.75) is 0 Å². The lowest BCUT2D eigenvalue weighted by Crippen LogP contribution is -2.29. The summed E-state index contributed by atoms with van der Waals surface area (Å²) >= 11 is 1.28. The number of aromatic hydroxyl groups is 1. The van der Waals surface area contributed by atoms with Crippen molar-refractivity contribution in [3.05, 3.63) is 65.8 Å². The number of aromatic nitrogens is 1. The van der Waals surface area contributed by atoms with E-state index in [2.05, 4.69) is 16.6 Å². The Hall–Kier alpha value is -3.06. The summed E-state index contributed by atoms with van der Waals surface area (Å²) in [5.41, 5.74) is 1.42. The number of carbonyl (C=O) groups excluding carboxylic acids is 1. The SMILES string of the molecule is C=CCN1C(=O)/C(=C/c2ccc(O)c(OC)c2)SC1=Nc1cccnc1. The number of amides is 1. The third-order valence-corrected chi connectivity index (χ3v) is 4.58. The predicted molar refractivity (Wildman–Crippen MR) is 103 cm³/mol. The van der Waals surface area contributed by atoms with Crippen molar-refractivity contribution >= 4 is 34.6 Å². The van der Waals surface area contributed by atoms with Gasteiger partial charge in [0.2, 0.25) is 0 Å². The number of rotatable bonds is 5. The fraction of sp³-hybridized carbons (Fsp3) is 0.105. The molecule has 1 amide bonds. The highest BCUT2D eigenvalue weighted by molar-refractivity contribution is 8.18. The van der Waals surface area contributed by atoms with Gasteiger partial charge in [-0.05, 0) is 47.7 Å². The Morgan fingerprint density at radius 3 is 2.96 bits per heavy atom. The summed E-state index contributed by atoms with van der Waals surface area (Å²) in [5, 5.41) is 10.3. The van der Waals surface area contributed by atoms with Gasteiger partial charge in [-0.2, -0.15) is 0 Å². The van der Waals surface area contributed by atoms with Gasteiger partial charge in [0.15, 0.2) is 16.7 Å². The third-order valence-electron chi connectivity index (χ3n) is 3.57. The molecule has 0 unspecified atom stereocenters. The lowest BCUT2D eigenvalue weighted by atomic mass is 10.2. The number of methoxy groups -OCH3 is 1. The molecule has 0 spiro atoms. The highest BCUT2D eigenvalue weighted by Gasteiger charge is 2.32. The third kappa shape index (κ3) is 3.78. The highest BCUT2D eigenvalue weighted by Crippen LogP contribution is 2.35. The molecule has 0 atom stereocenters. The van der Waals surface area contributed by atoms with Crippen LogP contribution in [0.3, 0.4) is 0 Å². The molecule has 1 aromatic heterocycles. The maximum absolute atomic E-state index is 12.7. The summed E-state index contributed by atoms with van der Waals surface area (Å²) < 4.78 is 5.11. The maximum Gasteiger partial charge on any atom is 0.267 e. The zero-order valence-corrected chi connectivity index (χ0v) is 14.9. The van der Waals surface area contributed by atoms with Gasteiger partial charge in [-0.1, -0.05) is 12.1 Å². The van der Waals surface area contributed by atoms with Crippen LogP contribution in [0.25, 0.3) is 6.08 Å². The molecule has 1 fully saturated rings. The van der Waals surface area contributed by atoms with Crippen molar-refractivity contribution in [2.24, 2.45) is 4.99 Å². The van der Waals surface area contributed by atoms with Crippen LogP contribution in [0.4, 0.5) is 5.69 Å². The molecule has 1 aliphatic rings. The monoisotopic (exact) mass is 367 g/mol. The van der Waals surface area contributed by atoms with Gasteiger partial charge >= 0.3 is 0 Å². The van der Waals surface area contributed by atoms with E-state index < -0.39 is 0 Å². The van der Waals surface area contributed by atoms with Crippen molar-refractivity contribution in [1.82, 2.24) is 9.88 Å². The summed E-state index contributed by atoms with van der Waals surface area (Å²) in [5.74, 6) is 0.249. The Labute approximate surface area is 155 Å². The Bertz CT molecular complexity index is 894. The maximum atomic E-state index is 12.7. The molecule has 7 heteroatoms. The largest absolute Gasteiger partial charge is 0.504 e. The Morgan fingerprint density at radius 1 is 1.42 bits per heavy atom. The van der Waals surface area contributed by atoms with Gasteiger partial charge in [-0.25, -0.2) is 4.99 Å². The number of aliphatic imine (C=N–C) groups is 1. The van der Waals surface area contributed by atoms with Crippen LogP contribution in [0.5, 0.6) is 11.5 Å². The second kappa shape index (κ2) is 7.88. The number of amidine groups is 1. The summed E-state index contributed by atoms with van der Waals surface area (Å²) in [7, 11) is 1.48. The zero-order valence-electron chi connectivity index (χ0n) is 14.1. The number of phenolic OH excluding ortho intramolecular Hbond substituents is 1. The minimum atomic E-state index is -0.149. The molecule has 0 bridgehead atoms. The number of hydrogen-bond acceptors (Lipinski definition) is 6. The molecular weight excluding hydrogens is 350 g/mol. The van der Waals surface area contributed by atoms with E-state index in [1.165, 1.54) is 24.9 Å². The van der Waals surface area contributed by atoms with E-state index >= 15 is 0 Å². The number of hydrogen-bond donors (Lipinski definition) is 1. The minimum Gasteiger partial charge on any atom is -0.504 e. The second-order valence-electron chi connectivity index (χ2n) is 5.35. The van der Waals surface area contributed by atoms with Crippen molar-refractivity contribution in [3.63, 3.8) is 0 Å². The molecule has 1 N–H and O–H groups in total. The van der Waals surface area contributed by atoms with Gasteiger partial charge in [-0.3, -0.25) is 14.7 Å². The number of carbonyl (C=O) groups is 1. The first-order valence-electron chi connectivity index (χ1n) is 7.80. The van der Waals surface area contributed by atoms with E-state index in [0.29, 0.717) is 28.1 Å². The second-order valence-corrected chi connectivity index (χ2v) is 6.36. The van der Waals surface area contributed by atoms with Crippen LogP contribution in [0, 0.1) is 0 Å². The van der Waals surface area contributed by atoms with Crippen molar-refractivity contribution < 1.29 is 14.6 Å². The molecule has 26 heavy (non-hydrogen) atoms. The number of benzene rings is 1. The van der Waals surface area contributed by atoms with Crippen LogP contribution in [0.1, 0.15) is 5.56 Å². The summed E-state index contributed by atoms with van der Waals surface area (Å²) in [4.78, 5) is 23.4. The van der Waals surface area contributed by atoms with Crippen LogP contribution in [-0.2, 0) is 4.79 Å². The molecule has 6 nitrogen and oxygen atoms in total. The minimum absolute atomic E-state index is 0.0483. The molecular formula is C19H17N3O3S. The van der Waals surface area contributed by atoms with Crippen LogP contribution >= 0.6 is 11.8 Å². The van der Waals surface area contributed by atoms with Gasteiger partial charge in [0.1, 0.15) is 0 Å². The fourth-order valence-corrected chi connectivity index (χ4v) is 3.36. The summed E-state index contributed by atoms with van der Waals surface area (Å²) in [6, 6.07) is 8.53. The van der Waals surface area contributed by atoms with Gasteiger partial charge in [0, 0.05) is 12.7 Å². The van der Waals surface area contributed by atoms with E-state index in [-0.39, 0.29) is 11.7 Å². The fourth-order valence-electron chi connectivity index (χ4n) is 2.35. The number of phenols is 1. The van der Waals surface area contributed by atoms with Gasteiger partial charge in [-0.15, -0.1) is 6.58 Å². The average molecular weight is 367 g/mol. The Morgan fingerprint density at radius 2 is 2.27 bits per heavy atom. The first-order chi connectivity index (χ1) is 12.6. The quantitative estimate of drug-likeness (QED) is 0.646. The number of ether oxygens (including phenoxy) is 1. The van der Waals surface area contributed by atoms with E-state index in [9.17, 15) is 9.90 Å². The lowest BCUT2D eigenvalue weighted by molar-refractivity contribution is -0.121. The smallest absolute Gasteiger partial charge is 0.267 e. The predicted octanol–water partition coefficient (Wildman–Crippen LogP) is 3.59. The molecule has 0 saturated carbocycles. The van der Waals surface area contributed by atoms with Gasteiger partial charge < -0.3 is 9.84 Å². The first-order valence-corrected chi connectivity index (χ1v) is 8.62. The molecule has 0 aliphatic carbocycles. The van der Waals surface area contributed by atoms with Crippen molar-refractivity contribution in [2.75, 3.05) is 13.7 Å². The Balaban J connectivity index is 1.95. The molecule has 1 saturated heterocycles. The van der Waals surface area contributed by atoms with Crippen LogP contribution in [0.2, 0.25) is 0 Å². The number of thioether (sulfide) groups is 1. The van der Waals surface area contributed by atoms with E-state index in [0.717, 1.165) is 5.56 Å². The molecule has 3 rings (SSSR count). The summed E-state index contributed by atoms with van der Waals surface area (Å²) in [6.07, 6.45) is 6.71. The van der Waals surface area contributed by atoms with E-state index in [1.807, 2.05) is 6.07 Å². The van der Waals surface area contributed by atoms with Crippen molar-refractivity contribution in [1.29, 1.82) is 0 Å². The Kier molecular flexibility index (Phi) is 5.38. The average Bonchev–Trinajstić information content (AvgIpc) is 2.93. The van der Waals surface area contributed by atoms with Crippen molar-refractivity contribution in [3.8, 4) is 11.5 Å². The lowest BCUT2D eigenvalue weighted by Gasteiger charge is -2.12. The summed E-state index contributed by atoms with van der Waals surface area (Å²) in [6.45, 7) is 4.07. The number of pyridine rings is 1. The molecule has 1 aromatic carbocycles. The van der Waals surface area contributed by atoms with Gasteiger partial charge in [0.25, 0.3) is 5.91 Å².